The van der Waals surface area contributed by atoms with Gasteiger partial charge in [0.05, 0.1) is 6.61 Å². The molecule has 0 unspecified atom stereocenters. The van der Waals surface area contributed by atoms with Crippen LogP contribution in [0.2, 0.25) is 0 Å². The number of aromatic nitrogens is 3. The number of aromatic amines is 1. The van der Waals surface area contributed by atoms with Crippen LogP contribution in [0.3, 0.4) is 0 Å². The van der Waals surface area contributed by atoms with E-state index in [1.807, 2.05) is 12.1 Å². The molecule has 1 aliphatic rings. The lowest BCUT2D eigenvalue weighted by Gasteiger charge is -2.24. The predicted molar refractivity (Wildman–Crippen MR) is 90.8 cm³/mol. The molecule has 0 spiro atoms. The molecule has 1 aromatic carbocycles. The molecule has 0 saturated heterocycles. The summed E-state index contributed by atoms with van der Waals surface area (Å²) in [6.07, 6.45) is 7.29. The van der Waals surface area contributed by atoms with Crippen molar-refractivity contribution in [2.24, 2.45) is 0 Å². The molecule has 5 heteroatoms. The second-order valence-corrected chi connectivity index (χ2v) is 6.27. The van der Waals surface area contributed by atoms with Gasteiger partial charge in [0, 0.05) is 11.6 Å². The van der Waals surface area contributed by atoms with Gasteiger partial charge in [-0.15, -0.1) is 0 Å². The Balaban J connectivity index is 1.86. The van der Waals surface area contributed by atoms with Gasteiger partial charge in [0.25, 0.3) is 0 Å². The molecule has 0 atom stereocenters. The maximum Gasteiger partial charge on any atom is 0.195 e. The number of H-pyrrole nitrogens is 1. The Hall–Kier alpha value is -1.62. The van der Waals surface area contributed by atoms with Crippen LogP contribution < -0.4 is 4.74 Å². The first-order valence-electron chi connectivity index (χ1n) is 8.19. The Bertz CT molecular complexity index is 653. The molecule has 1 aromatic heterocycles. The molecule has 1 aliphatic carbocycles. The summed E-state index contributed by atoms with van der Waals surface area (Å²) in [5, 5.41) is 7.42. The zero-order chi connectivity index (χ0) is 15.4. The summed E-state index contributed by atoms with van der Waals surface area (Å²) in [5.41, 5.74) is 1.08. The van der Waals surface area contributed by atoms with Crippen LogP contribution in [0.1, 0.15) is 51.5 Å². The zero-order valence-electron chi connectivity index (χ0n) is 13.0. The number of rotatable bonds is 5. The summed E-state index contributed by atoms with van der Waals surface area (Å²) >= 11 is 5.46. The van der Waals surface area contributed by atoms with E-state index < -0.39 is 0 Å². The summed E-state index contributed by atoms with van der Waals surface area (Å²) < 4.78 is 8.58. The molecular formula is C17H23N3OS. The van der Waals surface area contributed by atoms with Crippen LogP contribution in [0.15, 0.2) is 24.3 Å². The second-order valence-electron chi connectivity index (χ2n) is 5.89. The van der Waals surface area contributed by atoms with E-state index in [0.717, 1.165) is 34.9 Å². The van der Waals surface area contributed by atoms with Crippen LogP contribution >= 0.6 is 12.2 Å². The molecule has 4 nitrogen and oxygen atoms in total. The summed E-state index contributed by atoms with van der Waals surface area (Å²) in [4.78, 5) is 0. The van der Waals surface area contributed by atoms with Crippen molar-refractivity contribution in [1.82, 2.24) is 14.8 Å². The molecule has 0 bridgehead atoms. The number of benzene rings is 1. The summed E-state index contributed by atoms with van der Waals surface area (Å²) in [5.74, 6) is 1.85. The molecule has 1 heterocycles. The fourth-order valence-corrected chi connectivity index (χ4v) is 3.39. The highest BCUT2D eigenvalue weighted by atomic mass is 32.1. The highest BCUT2D eigenvalue weighted by Crippen LogP contribution is 2.32. The van der Waals surface area contributed by atoms with Crippen LogP contribution in [-0.2, 0) is 0 Å². The Kier molecular flexibility index (Phi) is 4.93. The van der Waals surface area contributed by atoms with Gasteiger partial charge in [0.2, 0.25) is 0 Å². The van der Waals surface area contributed by atoms with Crippen LogP contribution in [0.5, 0.6) is 5.75 Å². The number of ether oxygens (including phenoxy) is 1. The molecule has 0 radical (unpaired) electrons. The Morgan fingerprint density at radius 3 is 2.64 bits per heavy atom. The van der Waals surface area contributed by atoms with Crippen LogP contribution in [-0.4, -0.2) is 21.4 Å². The zero-order valence-corrected chi connectivity index (χ0v) is 13.9. The highest BCUT2D eigenvalue weighted by Gasteiger charge is 2.20. The normalized spacial score (nSPS) is 15.9. The van der Waals surface area contributed by atoms with E-state index in [4.69, 9.17) is 17.0 Å². The van der Waals surface area contributed by atoms with Gasteiger partial charge in [-0.1, -0.05) is 26.2 Å². The first-order valence-corrected chi connectivity index (χ1v) is 8.60. The minimum absolute atomic E-state index is 0.478. The van der Waals surface area contributed by atoms with Crippen molar-refractivity contribution in [1.29, 1.82) is 0 Å². The lowest BCUT2D eigenvalue weighted by Crippen LogP contribution is -2.14. The molecule has 22 heavy (non-hydrogen) atoms. The topological polar surface area (TPSA) is 42.8 Å². The van der Waals surface area contributed by atoms with Crippen molar-refractivity contribution in [2.45, 2.75) is 51.5 Å². The van der Waals surface area contributed by atoms with E-state index in [1.54, 1.807) is 0 Å². The summed E-state index contributed by atoms with van der Waals surface area (Å²) in [7, 11) is 0. The average molecular weight is 317 g/mol. The van der Waals surface area contributed by atoms with Gasteiger partial charge in [-0.3, -0.25) is 9.67 Å². The highest BCUT2D eigenvalue weighted by molar-refractivity contribution is 7.71. The fourth-order valence-electron chi connectivity index (χ4n) is 3.11. The third-order valence-corrected chi connectivity index (χ3v) is 4.52. The van der Waals surface area contributed by atoms with E-state index in [-0.39, 0.29) is 0 Å². The molecule has 0 amide bonds. The van der Waals surface area contributed by atoms with Gasteiger partial charge in [0.1, 0.15) is 5.75 Å². The monoisotopic (exact) mass is 317 g/mol. The Morgan fingerprint density at radius 1 is 1.23 bits per heavy atom. The molecule has 1 saturated carbocycles. The SMILES string of the molecule is CCCOc1ccc(-c2n[nH]c(=S)n2C2CCCCC2)cc1. The van der Waals surface area contributed by atoms with E-state index in [0.29, 0.717) is 6.04 Å². The lowest BCUT2D eigenvalue weighted by atomic mass is 9.95. The smallest absolute Gasteiger partial charge is 0.195 e. The van der Waals surface area contributed by atoms with E-state index >= 15 is 0 Å². The number of nitrogens with zero attached hydrogens (tertiary/aromatic N) is 2. The minimum Gasteiger partial charge on any atom is -0.494 e. The summed E-state index contributed by atoms with van der Waals surface area (Å²) in [6, 6.07) is 8.62. The number of nitrogens with one attached hydrogen (secondary N) is 1. The average Bonchev–Trinajstić information content (AvgIpc) is 2.96. The van der Waals surface area contributed by atoms with Gasteiger partial charge < -0.3 is 4.74 Å². The largest absolute Gasteiger partial charge is 0.494 e. The van der Waals surface area contributed by atoms with E-state index in [2.05, 4.69) is 33.8 Å². The molecule has 0 aliphatic heterocycles. The fraction of sp³-hybridized carbons (Fsp3) is 0.529. The first-order chi connectivity index (χ1) is 10.8. The van der Waals surface area contributed by atoms with Crippen molar-refractivity contribution in [3.63, 3.8) is 0 Å². The molecule has 1 N–H and O–H groups in total. The lowest BCUT2D eigenvalue weighted by molar-refractivity contribution is 0.317. The van der Waals surface area contributed by atoms with Gasteiger partial charge in [-0.2, -0.15) is 5.10 Å². The summed E-state index contributed by atoms with van der Waals surface area (Å²) in [6.45, 7) is 2.86. The van der Waals surface area contributed by atoms with E-state index in [9.17, 15) is 0 Å². The molecular weight excluding hydrogens is 294 g/mol. The number of hydrogen-bond acceptors (Lipinski definition) is 3. The molecule has 118 valence electrons. The van der Waals surface area contributed by atoms with Gasteiger partial charge in [-0.25, -0.2) is 0 Å². The van der Waals surface area contributed by atoms with Gasteiger partial charge in [-0.05, 0) is 55.7 Å². The Labute approximate surface area is 136 Å². The third-order valence-electron chi connectivity index (χ3n) is 4.23. The maximum absolute atomic E-state index is 5.64. The van der Waals surface area contributed by atoms with Crippen molar-refractivity contribution >= 4 is 12.2 Å². The predicted octanol–water partition coefficient (Wildman–Crippen LogP) is 4.90. The van der Waals surface area contributed by atoms with E-state index in [1.165, 1.54) is 32.1 Å². The number of hydrogen-bond donors (Lipinski definition) is 1. The van der Waals surface area contributed by atoms with Crippen molar-refractivity contribution in [2.75, 3.05) is 6.61 Å². The van der Waals surface area contributed by atoms with Crippen LogP contribution in [0.4, 0.5) is 0 Å². The van der Waals surface area contributed by atoms with Gasteiger partial charge in [0.15, 0.2) is 10.6 Å². The van der Waals surface area contributed by atoms with Crippen molar-refractivity contribution < 1.29 is 4.74 Å². The molecule has 3 rings (SSSR count). The maximum atomic E-state index is 5.64. The quantitative estimate of drug-likeness (QED) is 0.797. The third kappa shape index (κ3) is 3.24. The van der Waals surface area contributed by atoms with Crippen molar-refractivity contribution in [3.8, 4) is 17.1 Å². The van der Waals surface area contributed by atoms with Gasteiger partial charge >= 0.3 is 0 Å². The van der Waals surface area contributed by atoms with Crippen LogP contribution in [0.25, 0.3) is 11.4 Å². The minimum atomic E-state index is 0.478. The Morgan fingerprint density at radius 2 is 1.95 bits per heavy atom. The van der Waals surface area contributed by atoms with Crippen molar-refractivity contribution in [3.05, 3.63) is 29.0 Å². The molecule has 1 fully saturated rings. The molecule has 2 aromatic rings. The first kappa shape index (κ1) is 15.3. The standard InChI is InChI=1S/C17H23N3OS/c1-2-12-21-15-10-8-13(9-11-15)16-18-19-17(22)20(16)14-6-4-3-5-7-14/h8-11,14H,2-7,12H2,1H3,(H,19,22). The van der Waals surface area contributed by atoms with Crippen LogP contribution in [0, 0.1) is 4.77 Å². The second kappa shape index (κ2) is 7.09.